The lowest BCUT2D eigenvalue weighted by Crippen LogP contribution is -3.00. The number of carbonyl (C=O) groups is 2. The molecule has 0 saturated carbocycles. The lowest BCUT2D eigenvalue weighted by Gasteiger charge is -2.55. The molecule has 40 heavy (non-hydrogen) atoms. The molecule has 3 heterocycles. The van der Waals surface area contributed by atoms with Gasteiger partial charge in [0.05, 0.1) is 31.5 Å². The molecular formula is C30H44Cl3N3O4. The predicted octanol–water partition coefficient (Wildman–Crippen LogP) is -6.89. The van der Waals surface area contributed by atoms with Crippen molar-refractivity contribution in [1.82, 2.24) is 0 Å². The van der Waals surface area contributed by atoms with Crippen molar-refractivity contribution in [3.05, 3.63) is 71.3 Å². The third kappa shape index (κ3) is 9.33. The minimum Gasteiger partial charge on any atom is -1.00 e. The summed E-state index contributed by atoms with van der Waals surface area (Å²) in [7, 11) is 0. The number of halogens is 3. The molecule has 3 saturated heterocycles. The summed E-state index contributed by atoms with van der Waals surface area (Å²) in [5.74, 6) is -4.07. The van der Waals surface area contributed by atoms with E-state index in [0.29, 0.717) is 0 Å². The van der Waals surface area contributed by atoms with Gasteiger partial charge in [-0.05, 0) is 36.0 Å². The van der Waals surface area contributed by atoms with Crippen LogP contribution in [-0.2, 0) is 28.9 Å². The first kappa shape index (κ1) is 36.2. The van der Waals surface area contributed by atoms with Crippen LogP contribution in [0.15, 0.2) is 54.6 Å². The number of fused-ring (bicyclic) bond motifs is 3. The topological polar surface area (TPSA) is 102 Å². The Balaban J connectivity index is 0.00000267. The van der Waals surface area contributed by atoms with E-state index in [1.807, 2.05) is 42.5 Å². The number of hydrogen-bond acceptors (Lipinski definition) is 2. The largest absolute Gasteiger partial charge is 1.00 e. The zero-order valence-corrected chi connectivity index (χ0v) is 25.5. The minimum atomic E-state index is -1.06. The number of quaternary nitrogens is 3. The van der Waals surface area contributed by atoms with Gasteiger partial charge in [0.2, 0.25) is 0 Å². The Morgan fingerprint density at radius 1 is 0.650 bits per heavy atom. The van der Waals surface area contributed by atoms with E-state index in [1.54, 1.807) is 0 Å². The number of carboxylic acid groups (broad SMARTS) is 2. The molecule has 0 aliphatic carbocycles. The maximum absolute atomic E-state index is 12.1. The van der Waals surface area contributed by atoms with E-state index in [-0.39, 0.29) is 50.1 Å². The average molecular weight is 617 g/mol. The molecule has 3 aliphatic rings. The average Bonchev–Trinajstić information content (AvgIpc) is 2.92. The van der Waals surface area contributed by atoms with Crippen LogP contribution in [0, 0.1) is 11.8 Å². The van der Waals surface area contributed by atoms with Gasteiger partial charge in [-0.25, -0.2) is 0 Å². The molecule has 7 nitrogen and oxygen atoms in total. The molecule has 0 spiro atoms. The summed E-state index contributed by atoms with van der Waals surface area (Å²) in [6, 6.07) is 17.4. The third-order valence-electron chi connectivity index (χ3n) is 9.02. The van der Waals surface area contributed by atoms with E-state index in [9.17, 15) is 19.8 Å². The summed E-state index contributed by atoms with van der Waals surface area (Å²) < 4.78 is 2.60. The molecule has 0 amide bonds. The summed E-state index contributed by atoms with van der Waals surface area (Å²) in [6.45, 7) is 11.5. The van der Waals surface area contributed by atoms with Crippen molar-refractivity contribution in [2.75, 3.05) is 58.9 Å². The quantitative estimate of drug-likeness (QED) is 0.184. The monoisotopic (exact) mass is 615 g/mol. The van der Waals surface area contributed by atoms with E-state index >= 15 is 0 Å². The first-order valence-corrected chi connectivity index (χ1v) is 13.9. The molecule has 5 N–H and O–H groups in total. The number of aliphatic carboxylic acids is 2. The van der Waals surface area contributed by atoms with Crippen LogP contribution in [0.1, 0.15) is 29.5 Å². The number of rotatable bonds is 14. The first-order valence-electron chi connectivity index (χ1n) is 13.9. The van der Waals surface area contributed by atoms with Crippen LogP contribution < -0.4 is 43.0 Å². The lowest BCUT2D eigenvalue weighted by atomic mass is 9.82. The molecule has 0 unspecified atom stereocenters. The zero-order chi connectivity index (χ0) is 26.3. The highest BCUT2D eigenvalue weighted by atomic mass is 35.5. The summed E-state index contributed by atoms with van der Waals surface area (Å²) >= 11 is 0. The number of nitrogens with zero attached hydrogens (tertiary/aromatic N) is 2. The first-order chi connectivity index (χ1) is 17.8. The summed E-state index contributed by atoms with van der Waals surface area (Å²) in [4.78, 5) is 24.1. The van der Waals surface area contributed by atoms with E-state index in [2.05, 4.69) is 17.9 Å². The van der Waals surface area contributed by atoms with Crippen molar-refractivity contribution in [1.29, 1.82) is 0 Å². The fraction of sp³-hybridized carbons (Fsp3) is 0.533. The van der Waals surface area contributed by atoms with E-state index in [0.717, 1.165) is 30.5 Å². The van der Waals surface area contributed by atoms with Crippen LogP contribution >= 0.6 is 0 Å². The van der Waals surface area contributed by atoms with Crippen molar-refractivity contribution < 1.29 is 71.7 Å². The highest BCUT2D eigenvalue weighted by Gasteiger charge is 2.48. The molecule has 5 rings (SSSR count). The van der Waals surface area contributed by atoms with Gasteiger partial charge in [-0.1, -0.05) is 54.6 Å². The fourth-order valence-electron chi connectivity index (χ4n) is 6.45. The smallest absolute Gasteiger partial charge is 0.307 e. The Bertz CT molecular complexity index is 1030. The molecule has 2 aromatic carbocycles. The number of carboxylic acids is 2. The van der Waals surface area contributed by atoms with Gasteiger partial charge >= 0.3 is 11.9 Å². The fourth-order valence-corrected chi connectivity index (χ4v) is 6.45. The van der Waals surface area contributed by atoms with Gasteiger partial charge in [-0.3, -0.25) is 9.59 Å². The number of piperazine rings is 3. The summed E-state index contributed by atoms with van der Waals surface area (Å²) in [5.41, 5.74) is 7.01. The summed E-state index contributed by atoms with van der Waals surface area (Å²) in [6.07, 6.45) is 3.85. The zero-order valence-electron chi connectivity index (χ0n) is 23.2. The number of aryl methyl sites for hydroxylation is 1. The number of benzene rings is 2. The van der Waals surface area contributed by atoms with Crippen LogP contribution in [0.3, 0.4) is 0 Å². The van der Waals surface area contributed by atoms with Crippen LogP contribution in [0.2, 0.25) is 0 Å². The maximum atomic E-state index is 12.1. The van der Waals surface area contributed by atoms with E-state index < -0.39 is 23.8 Å². The molecule has 2 aromatic rings. The molecule has 0 radical (unpaired) electrons. The van der Waals surface area contributed by atoms with Crippen molar-refractivity contribution >= 4 is 11.9 Å². The Kier molecular flexibility index (Phi) is 15.0. The Morgan fingerprint density at radius 2 is 1.05 bits per heavy atom. The van der Waals surface area contributed by atoms with Gasteiger partial charge in [-0.2, -0.15) is 0 Å². The Morgan fingerprint density at radius 3 is 1.48 bits per heavy atom. The maximum Gasteiger partial charge on any atom is 0.307 e. The second-order valence-corrected chi connectivity index (χ2v) is 11.4. The van der Waals surface area contributed by atoms with E-state index in [1.165, 1.54) is 73.3 Å². The molecular weight excluding hydrogens is 573 g/mol. The number of hydrogen-bond donors (Lipinski definition) is 3. The second-order valence-electron chi connectivity index (χ2n) is 11.4. The van der Waals surface area contributed by atoms with Crippen molar-refractivity contribution in [2.24, 2.45) is 11.8 Å². The molecule has 224 valence electrons. The molecule has 2 bridgehead atoms. The molecule has 3 aliphatic heterocycles. The second kappa shape index (κ2) is 16.5. The van der Waals surface area contributed by atoms with E-state index in [4.69, 9.17) is 0 Å². The molecule has 3 fully saturated rings. The van der Waals surface area contributed by atoms with Gasteiger partial charge in [0.15, 0.2) is 0 Å². The van der Waals surface area contributed by atoms with Gasteiger partial charge in [-0.15, -0.1) is 0 Å². The summed E-state index contributed by atoms with van der Waals surface area (Å²) in [5, 5.41) is 19.7. The van der Waals surface area contributed by atoms with Crippen molar-refractivity contribution in [2.45, 2.75) is 32.1 Å². The Hall–Kier alpha value is -1.87. The predicted molar refractivity (Wildman–Crippen MR) is 143 cm³/mol. The van der Waals surface area contributed by atoms with Crippen LogP contribution in [0.25, 0.3) is 0 Å². The van der Waals surface area contributed by atoms with Crippen molar-refractivity contribution in [3.8, 4) is 0 Å². The van der Waals surface area contributed by atoms with Gasteiger partial charge in [0.25, 0.3) is 0 Å². The lowest BCUT2D eigenvalue weighted by molar-refractivity contribution is -1.08. The van der Waals surface area contributed by atoms with Crippen LogP contribution in [0.5, 0.6) is 0 Å². The minimum absolute atomic E-state index is 0. The third-order valence-corrected chi connectivity index (χ3v) is 9.02. The highest BCUT2D eigenvalue weighted by molar-refractivity contribution is 5.80. The molecule has 0 aromatic heterocycles. The van der Waals surface area contributed by atoms with Crippen LogP contribution in [0.4, 0.5) is 0 Å². The molecule has 2 atom stereocenters. The molecule has 10 heteroatoms. The van der Waals surface area contributed by atoms with Crippen molar-refractivity contribution in [3.63, 3.8) is 0 Å². The highest BCUT2D eigenvalue weighted by Crippen LogP contribution is 2.28. The SMILES string of the molecule is [Cl-].[Cl-].[Cl-].[NH3+]CCC[N+]12CC[N+](CCCc3ccc(C[C@H](C(=O)O)[C@H](Cc4ccccc4)C(=O)O)cc3)(CC1)CC2. The standard InChI is InChI=1S/C30H41N3O4.3ClH/c31-13-5-15-33-19-16-32(17-20-33,18-21-33)14-4-8-24-9-11-26(12-10-24)23-28(30(36)37)27(29(34)35)22-25-6-2-1-3-7-25;;;/h1-3,6-7,9-12,27-28H,4-5,8,13-23,31H2;3*1H/t27-,28-,32?,33?;;;/m0.../s1. The van der Waals surface area contributed by atoms with Gasteiger partial charge in [0, 0.05) is 12.8 Å². The Labute approximate surface area is 257 Å². The van der Waals surface area contributed by atoms with Gasteiger partial charge in [0.1, 0.15) is 39.3 Å². The van der Waals surface area contributed by atoms with Crippen LogP contribution in [-0.4, -0.2) is 90.0 Å². The normalized spacial score (nSPS) is 22.6. The van der Waals surface area contributed by atoms with Gasteiger partial charge < -0.3 is 62.1 Å².